The lowest BCUT2D eigenvalue weighted by molar-refractivity contribution is 0.184. The highest BCUT2D eigenvalue weighted by Crippen LogP contribution is 2.29. The number of phenolic OH excluding ortho intramolecular Hbond substituents is 1. The molecule has 0 bridgehead atoms. The number of hydrogen-bond donors (Lipinski definition) is 2. The first-order valence-corrected chi connectivity index (χ1v) is 9.13. The molecular formula is C19H29N3O2. The van der Waals surface area contributed by atoms with E-state index in [0.29, 0.717) is 18.5 Å². The van der Waals surface area contributed by atoms with Gasteiger partial charge in [-0.3, -0.25) is 0 Å². The van der Waals surface area contributed by atoms with Crippen LogP contribution in [0.2, 0.25) is 0 Å². The molecule has 1 saturated heterocycles. The van der Waals surface area contributed by atoms with Crippen molar-refractivity contribution in [3.8, 4) is 5.75 Å². The number of carbonyl (C=O) groups is 1. The van der Waals surface area contributed by atoms with Gasteiger partial charge in [-0.05, 0) is 69.3 Å². The van der Waals surface area contributed by atoms with Crippen LogP contribution in [0.3, 0.4) is 0 Å². The molecule has 1 aromatic rings. The second-order valence-electron chi connectivity index (χ2n) is 7.32. The predicted octanol–water partition coefficient (Wildman–Crippen LogP) is 2.80. The summed E-state index contributed by atoms with van der Waals surface area (Å²) in [5.74, 6) is 0.953. The molecule has 0 aromatic heterocycles. The van der Waals surface area contributed by atoms with Crippen LogP contribution in [0.5, 0.6) is 5.75 Å². The average molecular weight is 331 g/mol. The van der Waals surface area contributed by atoms with E-state index >= 15 is 0 Å². The van der Waals surface area contributed by atoms with Crippen molar-refractivity contribution in [2.75, 3.05) is 26.7 Å². The minimum absolute atomic E-state index is 0.0324. The van der Waals surface area contributed by atoms with Gasteiger partial charge in [0.05, 0.1) is 0 Å². The highest BCUT2D eigenvalue weighted by atomic mass is 16.3. The summed E-state index contributed by atoms with van der Waals surface area (Å²) in [6, 6.07) is 7.57. The van der Waals surface area contributed by atoms with Gasteiger partial charge >= 0.3 is 6.03 Å². The van der Waals surface area contributed by atoms with Crippen LogP contribution in [0.1, 0.15) is 37.7 Å². The van der Waals surface area contributed by atoms with Crippen LogP contribution in [-0.4, -0.2) is 53.7 Å². The Morgan fingerprint density at radius 3 is 2.92 bits per heavy atom. The van der Waals surface area contributed by atoms with Gasteiger partial charge in [0, 0.05) is 25.7 Å². The number of rotatable bonds is 6. The van der Waals surface area contributed by atoms with E-state index in [4.69, 9.17) is 0 Å². The van der Waals surface area contributed by atoms with Crippen molar-refractivity contribution in [2.24, 2.45) is 5.92 Å². The molecule has 1 aliphatic carbocycles. The molecule has 2 N–H and O–H groups in total. The molecule has 0 radical (unpaired) electrons. The first-order chi connectivity index (χ1) is 11.6. The largest absolute Gasteiger partial charge is 0.508 e. The van der Waals surface area contributed by atoms with Crippen molar-refractivity contribution in [1.82, 2.24) is 15.1 Å². The summed E-state index contributed by atoms with van der Waals surface area (Å²) < 4.78 is 0. The summed E-state index contributed by atoms with van der Waals surface area (Å²) >= 11 is 0. The Morgan fingerprint density at radius 1 is 1.38 bits per heavy atom. The predicted molar refractivity (Wildman–Crippen MR) is 94.9 cm³/mol. The molecule has 1 heterocycles. The summed E-state index contributed by atoms with van der Waals surface area (Å²) in [6.07, 6.45) is 5.76. The summed E-state index contributed by atoms with van der Waals surface area (Å²) in [7, 11) is 2.18. The lowest BCUT2D eigenvalue weighted by atomic mass is 9.95. The van der Waals surface area contributed by atoms with Crippen LogP contribution in [0.15, 0.2) is 24.3 Å². The van der Waals surface area contributed by atoms with Crippen LogP contribution < -0.4 is 5.32 Å². The first kappa shape index (κ1) is 17.1. The van der Waals surface area contributed by atoms with Crippen LogP contribution in [-0.2, 0) is 6.54 Å². The second kappa shape index (κ2) is 7.88. The van der Waals surface area contributed by atoms with Crippen molar-refractivity contribution in [2.45, 2.75) is 44.7 Å². The maximum absolute atomic E-state index is 12.6. The quantitative estimate of drug-likeness (QED) is 0.843. The number of carbonyl (C=O) groups excluding carboxylic acids is 1. The van der Waals surface area contributed by atoms with Crippen molar-refractivity contribution in [1.29, 1.82) is 0 Å². The maximum Gasteiger partial charge on any atom is 0.317 e. The number of urea groups is 1. The number of benzene rings is 1. The van der Waals surface area contributed by atoms with Crippen molar-refractivity contribution >= 4 is 6.03 Å². The SMILES string of the molecule is CN1CCC[C@H](CCNC(=O)N(Cc2cccc(O)c2)C2CC2)C1. The Bertz CT molecular complexity index is 559. The average Bonchev–Trinajstić information content (AvgIpc) is 3.37. The van der Waals surface area contributed by atoms with Crippen LogP contribution in [0.25, 0.3) is 0 Å². The molecule has 1 saturated carbocycles. The summed E-state index contributed by atoms with van der Waals surface area (Å²) in [5, 5.41) is 12.7. The van der Waals surface area contributed by atoms with Crippen LogP contribution in [0, 0.1) is 5.92 Å². The van der Waals surface area contributed by atoms with Crippen molar-refractivity contribution in [3.05, 3.63) is 29.8 Å². The first-order valence-electron chi connectivity index (χ1n) is 9.13. The van der Waals surface area contributed by atoms with E-state index in [-0.39, 0.29) is 11.8 Å². The highest BCUT2D eigenvalue weighted by molar-refractivity contribution is 5.74. The normalized spacial score (nSPS) is 21.5. The zero-order valence-corrected chi connectivity index (χ0v) is 14.6. The Kier molecular flexibility index (Phi) is 5.61. The minimum atomic E-state index is 0.0324. The highest BCUT2D eigenvalue weighted by Gasteiger charge is 2.32. The number of nitrogens with one attached hydrogen (secondary N) is 1. The van der Waals surface area contributed by atoms with Crippen LogP contribution >= 0.6 is 0 Å². The van der Waals surface area contributed by atoms with Gasteiger partial charge in [-0.25, -0.2) is 4.79 Å². The molecule has 3 rings (SSSR count). The molecule has 24 heavy (non-hydrogen) atoms. The fourth-order valence-electron chi connectivity index (χ4n) is 3.60. The van der Waals surface area contributed by atoms with Gasteiger partial charge < -0.3 is 20.2 Å². The molecule has 2 fully saturated rings. The van der Waals surface area contributed by atoms with Gasteiger partial charge in [-0.2, -0.15) is 0 Å². The Balaban J connectivity index is 1.48. The molecule has 2 aliphatic rings. The smallest absolute Gasteiger partial charge is 0.317 e. The molecule has 5 heteroatoms. The van der Waals surface area contributed by atoms with E-state index in [2.05, 4.69) is 17.3 Å². The number of phenols is 1. The van der Waals surface area contributed by atoms with Gasteiger partial charge in [0.25, 0.3) is 0 Å². The molecule has 132 valence electrons. The van der Waals surface area contributed by atoms with E-state index in [9.17, 15) is 9.90 Å². The zero-order chi connectivity index (χ0) is 16.9. The van der Waals surface area contributed by atoms with E-state index in [1.807, 2.05) is 17.0 Å². The molecule has 2 amide bonds. The topological polar surface area (TPSA) is 55.8 Å². The number of likely N-dealkylation sites (tertiary alicyclic amines) is 1. The Labute approximate surface area is 144 Å². The monoisotopic (exact) mass is 331 g/mol. The standard InChI is InChI=1S/C19H29N3O2/c1-21-11-3-5-15(13-21)9-10-20-19(24)22(17-7-8-17)14-16-4-2-6-18(23)12-16/h2,4,6,12,15,17,23H,3,5,7-11,13-14H2,1H3,(H,20,24)/t15-/m1/s1. The van der Waals surface area contributed by atoms with Crippen LogP contribution in [0.4, 0.5) is 4.79 Å². The number of amides is 2. The van der Waals surface area contributed by atoms with Gasteiger partial charge in [0.2, 0.25) is 0 Å². The van der Waals surface area contributed by atoms with Gasteiger partial charge in [0.1, 0.15) is 5.75 Å². The number of piperidine rings is 1. The number of nitrogens with zero attached hydrogens (tertiary/aromatic N) is 2. The zero-order valence-electron chi connectivity index (χ0n) is 14.6. The molecule has 0 unspecified atom stereocenters. The summed E-state index contributed by atoms with van der Waals surface area (Å²) in [6.45, 7) is 3.66. The fraction of sp³-hybridized carbons (Fsp3) is 0.632. The third-order valence-electron chi connectivity index (χ3n) is 5.06. The van der Waals surface area contributed by atoms with E-state index in [1.54, 1.807) is 12.1 Å². The Morgan fingerprint density at radius 2 is 2.21 bits per heavy atom. The van der Waals surface area contributed by atoms with E-state index < -0.39 is 0 Å². The summed E-state index contributed by atoms with van der Waals surface area (Å²) in [5.41, 5.74) is 0.978. The third-order valence-corrected chi connectivity index (χ3v) is 5.06. The lowest BCUT2D eigenvalue weighted by Crippen LogP contribution is -2.42. The molecule has 5 nitrogen and oxygen atoms in total. The fourth-order valence-corrected chi connectivity index (χ4v) is 3.60. The molecule has 0 spiro atoms. The molecule has 1 atom stereocenters. The summed E-state index contributed by atoms with van der Waals surface area (Å²) in [4.78, 5) is 16.9. The third kappa shape index (κ3) is 4.87. The molecule has 1 aromatic carbocycles. The van der Waals surface area contributed by atoms with Gasteiger partial charge in [-0.15, -0.1) is 0 Å². The van der Waals surface area contributed by atoms with Crippen molar-refractivity contribution < 1.29 is 9.90 Å². The number of aromatic hydroxyl groups is 1. The molecule has 1 aliphatic heterocycles. The maximum atomic E-state index is 12.6. The Hall–Kier alpha value is -1.75. The van der Waals surface area contributed by atoms with E-state index in [0.717, 1.165) is 37.9 Å². The second-order valence-corrected chi connectivity index (χ2v) is 7.32. The van der Waals surface area contributed by atoms with Crippen molar-refractivity contribution in [3.63, 3.8) is 0 Å². The minimum Gasteiger partial charge on any atom is -0.508 e. The number of hydrogen-bond acceptors (Lipinski definition) is 3. The molecular weight excluding hydrogens is 302 g/mol. The van der Waals surface area contributed by atoms with Gasteiger partial charge in [0.15, 0.2) is 0 Å². The lowest BCUT2D eigenvalue weighted by Gasteiger charge is -2.30. The van der Waals surface area contributed by atoms with E-state index in [1.165, 1.54) is 19.4 Å². The van der Waals surface area contributed by atoms with Gasteiger partial charge in [-0.1, -0.05) is 12.1 Å².